The van der Waals surface area contributed by atoms with Crippen molar-refractivity contribution in [3.8, 4) is 0 Å². The number of nitrogens with one attached hydrogen (secondary N) is 1. The Kier molecular flexibility index (Phi) is 5.84. The minimum absolute atomic E-state index is 0.355. The van der Waals surface area contributed by atoms with Crippen molar-refractivity contribution < 1.29 is 27.5 Å². The molecule has 1 N–H and O–H groups in total. The van der Waals surface area contributed by atoms with Gasteiger partial charge in [0, 0.05) is 4.88 Å². The Morgan fingerprint density at radius 3 is 2.52 bits per heavy atom. The van der Waals surface area contributed by atoms with Crippen molar-refractivity contribution in [2.24, 2.45) is 0 Å². The zero-order valence-electron chi connectivity index (χ0n) is 13.8. The van der Waals surface area contributed by atoms with Crippen molar-refractivity contribution in [1.82, 2.24) is 0 Å². The lowest BCUT2D eigenvalue weighted by atomic mass is 10.2. The number of esters is 1. The van der Waals surface area contributed by atoms with Gasteiger partial charge in [0.2, 0.25) is 0 Å². The lowest BCUT2D eigenvalue weighted by Gasteiger charge is -2.13. The Labute approximate surface area is 146 Å². The minimum Gasteiger partial charge on any atom is -0.448 e. The average molecular weight is 371 g/mol. The van der Waals surface area contributed by atoms with Crippen LogP contribution in [0.25, 0.3) is 0 Å². The van der Waals surface area contributed by atoms with Crippen LogP contribution in [-0.2, 0) is 16.0 Å². The highest BCUT2D eigenvalue weighted by molar-refractivity contribution is 7.14. The maximum Gasteiger partial charge on any atom is 0.349 e. The van der Waals surface area contributed by atoms with Gasteiger partial charge in [0.15, 0.2) is 23.6 Å². The van der Waals surface area contributed by atoms with E-state index in [-0.39, 0.29) is 0 Å². The molecule has 0 fully saturated rings. The highest BCUT2D eigenvalue weighted by atomic mass is 32.1. The second-order valence-corrected chi connectivity index (χ2v) is 6.47. The number of thiophene rings is 1. The smallest absolute Gasteiger partial charge is 0.349 e. The number of halogens is 3. The fourth-order valence-electron chi connectivity index (χ4n) is 2.10. The molecular formula is C17H16F3NO3S. The fraction of sp³-hybridized carbons (Fsp3) is 0.294. The van der Waals surface area contributed by atoms with E-state index in [1.54, 1.807) is 6.07 Å². The van der Waals surface area contributed by atoms with Crippen LogP contribution < -0.4 is 5.32 Å². The number of rotatable bonds is 5. The molecule has 0 unspecified atom stereocenters. The van der Waals surface area contributed by atoms with E-state index < -0.39 is 41.1 Å². The second-order valence-electron chi connectivity index (χ2n) is 5.33. The maximum atomic E-state index is 13.6. The predicted octanol–water partition coefficient (Wildman–Crippen LogP) is 4.22. The SMILES string of the molecule is CCc1sc(C(=O)O[C@H](C)C(=O)Nc2ccc(F)c(F)c2F)cc1C. The zero-order valence-corrected chi connectivity index (χ0v) is 14.6. The van der Waals surface area contributed by atoms with Crippen molar-refractivity contribution in [2.75, 3.05) is 5.32 Å². The van der Waals surface area contributed by atoms with Gasteiger partial charge in [-0.1, -0.05) is 6.92 Å². The Hall–Kier alpha value is -2.35. The summed E-state index contributed by atoms with van der Waals surface area (Å²) in [6, 6.07) is 3.24. The molecule has 0 radical (unpaired) electrons. The largest absolute Gasteiger partial charge is 0.448 e. The van der Waals surface area contributed by atoms with E-state index in [0.29, 0.717) is 10.9 Å². The molecule has 0 aliphatic carbocycles. The molecule has 134 valence electrons. The van der Waals surface area contributed by atoms with Gasteiger partial charge in [-0.05, 0) is 44.0 Å². The van der Waals surface area contributed by atoms with Gasteiger partial charge in [-0.2, -0.15) is 0 Å². The number of ether oxygens (including phenoxy) is 1. The van der Waals surface area contributed by atoms with E-state index in [0.717, 1.165) is 22.9 Å². The first-order valence-corrected chi connectivity index (χ1v) is 8.30. The summed E-state index contributed by atoms with van der Waals surface area (Å²) in [7, 11) is 0. The quantitative estimate of drug-likeness (QED) is 0.632. The highest BCUT2D eigenvalue weighted by Crippen LogP contribution is 2.24. The molecule has 0 aliphatic heterocycles. The lowest BCUT2D eigenvalue weighted by molar-refractivity contribution is -0.123. The molecule has 0 saturated carbocycles. The van der Waals surface area contributed by atoms with Gasteiger partial charge in [0.1, 0.15) is 4.88 Å². The molecule has 4 nitrogen and oxygen atoms in total. The maximum absolute atomic E-state index is 13.6. The third kappa shape index (κ3) is 4.19. The predicted molar refractivity (Wildman–Crippen MR) is 88.3 cm³/mol. The number of carbonyl (C=O) groups is 2. The summed E-state index contributed by atoms with van der Waals surface area (Å²) in [5.41, 5.74) is 0.424. The number of benzene rings is 1. The van der Waals surface area contributed by atoms with Crippen LogP contribution in [0.15, 0.2) is 18.2 Å². The van der Waals surface area contributed by atoms with Crippen LogP contribution in [0.1, 0.15) is 34.0 Å². The summed E-state index contributed by atoms with van der Waals surface area (Å²) < 4.78 is 44.7. The monoisotopic (exact) mass is 371 g/mol. The normalized spacial score (nSPS) is 11.9. The minimum atomic E-state index is -1.69. The van der Waals surface area contributed by atoms with Gasteiger partial charge < -0.3 is 10.1 Å². The number of hydrogen-bond donors (Lipinski definition) is 1. The molecule has 1 aromatic carbocycles. The molecule has 2 aromatic rings. The first-order valence-electron chi connectivity index (χ1n) is 7.49. The molecule has 1 atom stereocenters. The van der Waals surface area contributed by atoms with Crippen molar-refractivity contribution in [3.63, 3.8) is 0 Å². The number of hydrogen-bond acceptors (Lipinski definition) is 4. The van der Waals surface area contributed by atoms with E-state index in [9.17, 15) is 22.8 Å². The number of carbonyl (C=O) groups excluding carboxylic acids is 2. The second kappa shape index (κ2) is 7.69. The third-order valence-corrected chi connectivity index (χ3v) is 4.85. The summed E-state index contributed by atoms with van der Waals surface area (Å²) in [4.78, 5) is 25.5. The number of anilines is 1. The van der Waals surface area contributed by atoms with Crippen molar-refractivity contribution in [3.05, 3.63) is 51.0 Å². The summed E-state index contributed by atoms with van der Waals surface area (Å²) in [6.07, 6.45) is -0.470. The van der Waals surface area contributed by atoms with Crippen LogP contribution in [0, 0.1) is 24.4 Å². The van der Waals surface area contributed by atoms with E-state index >= 15 is 0 Å². The molecular weight excluding hydrogens is 355 g/mol. The topological polar surface area (TPSA) is 55.4 Å². The number of amides is 1. The average Bonchev–Trinajstić information content (AvgIpc) is 2.96. The van der Waals surface area contributed by atoms with Gasteiger partial charge in [0.25, 0.3) is 5.91 Å². The molecule has 0 aliphatic rings. The first kappa shape index (κ1) is 19.0. The third-order valence-electron chi connectivity index (χ3n) is 3.49. The van der Waals surface area contributed by atoms with Crippen molar-refractivity contribution in [2.45, 2.75) is 33.3 Å². The van der Waals surface area contributed by atoms with E-state index in [1.165, 1.54) is 18.3 Å². The Morgan fingerprint density at radius 2 is 1.92 bits per heavy atom. The van der Waals surface area contributed by atoms with Crippen LogP contribution in [0.2, 0.25) is 0 Å². The van der Waals surface area contributed by atoms with Gasteiger partial charge in [-0.25, -0.2) is 18.0 Å². The van der Waals surface area contributed by atoms with E-state index in [4.69, 9.17) is 4.74 Å². The fourth-order valence-corrected chi connectivity index (χ4v) is 3.10. The first-order chi connectivity index (χ1) is 11.7. The molecule has 2 rings (SSSR count). The van der Waals surface area contributed by atoms with Gasteiger partial charge in [-0.3, -0.25) is 4.79 Å². The van der Waals surface area contributed by atoms with Gasteiger partial charge in [-0.15, -0.1) is 11.3 Å². The Morgan fingerprint density at radius 1 is 1.24 bits per heavy atom. The molecule has 0 spiro atoms. The summed E-state index contributed by atoms with van der Waals surface area (Å²) in [5.74, 6) is -6.12. The van der Waals surface area contributed by atoms with E-state index in [1.807, 2.05) is 13.8 Å². The van der Waals surface area contributed by atoms with Crippen molar-refractivity contribution >= 4 is 28.9 Å². The molecule has 1 amide bonds. The standard InChI is InChI=1S/C17H16F3NO3S/c1-4-12-8(2)7-13(25-12)17(23)24-9(3)16(22)21-11-6-5-10(18)14(19)15(11)20/h5-7,9H,4H2,1-3H3,(H,21,22)/t9-/m1/s1. The zero-order chi connectivity index (χ0) is 18.7. The molecule has 25 heavy (non-hydrogen) atoms. The van der Waals surface area contributed by atoms with Crippen LogP contribution in [-0.4, -0.2) is 18.0 Å². The van der Waals surface area contributed by atoms with Crippen LogP contribution in [0.5, 0.6) is 0 Å². The molecule has 0 saturated heterocycles. The molecule has 1 aromatic heterocycles. The Bertz CT molecular complexity index is 820. The van der Waals surface area contributed by atoms with Crippen LogP contribution in [0.3, 0.4) is 0 Å². The van der Waals surface area contributed by atoms with Gasteiger partial charge >= 0.3 is 5.97 Å². The highest BCUT2D eigenvalue weighted by Gasteiger charge is 2.23. The van der Waals surface area contributed by atoms with Crippen LogP contribution in [0.4, 0.5) is 18.9 Å². The molecule has 1 heterocycles. The van der Waals surface area contributed by atoms with Crippen molar-refractivity contribution in [1.29, 1.82) is 0 Å². The lowest BCUT2D eigenvalue weighted by Crippen LogP contribution is -2.30. The summed E-state index contributed by atoms with van der Waals surface area (Å²) in [6.45, 7) is 5.13. The van der Waals surface area contributed by atoms with Crippen LogP contribution >= 0.6 is 11.3 Å². The van der Waals surface area contributed by atoms with E-state index in [2.05, 4.69) is 5.32 Å². The molecule has 0 bridgehead atoms. The Balaban J connectivity index is 2.05. The summed E-state index contributed by atoms with van der Waals surface area (Å²) >= 11 is 1.27. The molecule has 8 heteroatoms. The van der Waals surface area contributed by atoms with Gasteiger partial charge in [0.05, 0.1) is 5.69 Å². The summed E-state index contributed by atoms with van der Waals surface area (Å²) in [5, 5.41) is 2.07. The number of aryl methyl sites for hydroxylation is 2.